The molecule has 0 rings (SSSR count). The van der Waals surface area contributed by atoms with E-state index < -0.39 is 4.44 Å². The summed E-state index contributed by atoms with van der Waals surface area (Å²) in [5.74, 6) is 0. The van der Waals surface area contributed by atoms with E-state index in [9.17, 15) is 0 Å². The molecule has 0 heterocycles. The van der Waals surface area contributed by atoms with Gasteiger partial charge < -0.3 is 12.2 Å². The van der Waals surface area contributed by atoms with E-state index in [-0.39, 0.29) is 0 Å². The van der Waals surface area contributed by atoms with Crippen LogP contribution in [0.4, 0.5) is 0 Å². The topological polar surface area (TPSA) is 0 Å². The maximum absolute atomic E-state index is 4.90. The van der Waals surface area contributed by atoms with E-state index in [2.05, 4.69) is 12.2 Å². The molecule has 0 bridgehead atoms. The lowest BCUT2D eigenvalue weighted by molar-refractivity contribution is 1.11. The predicted octanol–water partition coefficient (Wildman–Crippen LogP) is 2.18. The number of hydrogen-bond donors (Lipinski definition) is 1. The average molecular weight is 171 g/mol. The molecule has 0 spiro atoms. The molecule has 0 fully saturated rings. The first-order chi connectivity index (χ1) is 2.94. The molecule has 0 aromatic carbocycles. The van der Waals surface area contributed by atoms with Crippen LogP contribution in [0.15, 0.2) is 0 Å². The molecule has 4 heteroatoms. The van der Waals surface area contributed by atoms with Crippen LogP contribution < -0.4 is 0 Å². The van der Waals surface area contributed by atoms with Crippen LogP contribution in [0, 0.1) is 0 Å². The van der Waals surface area contributed by atoms with Gasteiger partial charge in [0.1, 0.15) is 0 Å². The van der Waals surface area contributed by atoms with Gasteiger partial charge in [-0.3, -0.25) is 0 Å². The standard InChI is InChI=1S/C3H9PS3/c1-3(2)4(5,6)7/h3H,1-2H3,(H2,5,6,7)/p-1. The van der Waals surface area contributed by atoms with Crippen molar-refractivity contribution in [2.24, 2.45) is 0 Å². The van der Waals surface area contributed by atoms with Crippen LogP contribution in [0.1, 0.15) is 13.8 Å². The van der Waals surface area contributed by atoms with Crippen molar-refractivity contribution in [1.82, 2.24) is 0 Å². The Kier molecular flexibility index (Phi) is 3.30. The summed E-state index contributed by atoms with van der Waals surface area (Å²) in [6, 6.07) is 0. The van der Waals surface area contributed by atoms with Gasteiger partial charge in [0.05, 0.1) is 0 Å². The molecule has 0 aliphatic heterocycles. The third-order valence-corrected chi connectivity index (χ3v) is 5.87. The molecule has 0 aromatic heterocycles. The van der Waals surface area contributed by atoms with Gasteiger partial charge in [-0.25, -0.2) is 0 Å². The SMILES string of the molecule is CC(C)P(=S)([S-])S. The first-order valence-corrected chi connectivity index (χ1v) is 7.02. The Hall–Kier alpha value is 1.35. The second-order valence-corrected chi connectivity index (χ2v) is 11.5. The van der Waals surface area contributed by atoms with Crippen molar-refractivity contribution >= 4 is 40.7 Å². The molecule has 0 nitrogen and oxygen atoms in total. The zero-order chi connectivity index (χ0) is 6.08. The van der Waals surface area contributed by atoms with Gasteiger partial charge in [0.25, 0.3) is 0 Å². The molecule has 1 atom stereocenters. The van der Waals surface area contributed by atoms with Crippen molar-refractivity contribution in [3.05, 3.63) is 0 Å². The molecular formula is C3H8PS3-. The zero-order valence-corrected chi connectivity index (χ0v) is 7.71. The second kappa shape index (κ2) is 2.77. The van der Waals surface area contributed by atoms with Gasteiger partial charge in [-0.1, -0.05) is 13.8 Å². The maximum atomic E-state index is 4.90. The Balaban J connectivity index is 3.80. The van der Waals surface area contributed by atoms with Crippen LogP contribution >= 0.6 is 16.7 Å². The maximum Gasteiger partial charge on any atom is -0.0295 e. The lowest BCUT2D eigenvalue weighted by atomic mass is 10.6. The van der Waals surface area contributed by atoms with Gasteiger partial charge in [-0.05, 0) is 5.66 Å². The normalized spacial score (nSPS) is 19.6. The summed E-state index contributed by atoms with van der Waals surface area (Å²) in [6.45, 7) is 4.03. The monoisotopic (exact) mass is 171 g/mol. The van der Waals surface area contributed by atoms with Gasteiger partial charge in [0.2, 0.25) is 0 Å². The van der Waals surface area contributed by atoms with E-state index in [1.165, 1.54) is 0 Å². The summed E-state index contributed by atoms with van der Waals surface area (Å²) in [7, 11) is 0. The lowest BCUT2D eigenvalue weighted by Crippen LogP contribution is -1.86. The summed E-state index contributed by atoms with van der Waals surface area (Å²) in [4.78, 5) is 0. The summed E-state index contributed by atoms with van der Waals surface area (Å²) in [5.41, 5.74) is 0.404. The Morgan fingerprint density at radius 2 is 1.86 bits per heavy atom. The van der Waals surface area contributed by atoms with Crippen molar-refractivity contribution in [3.8, 4) is 0 Å². The highest BCUT2D eigenvalue weighted by molar-refractivity contribution is 8.87. The first-order valence-electron chi connectivity index (χ1n) is 1.98. The first kappa shape index (κ1) is 8.35. The quantitative estimate of drug-likeness (QED) is 0.365. The lowest BCUT2D eigenvalue weighted by Gasteiger charge is -2.25. The summed E-state index contributed by atoms with van der Waals surface area (Å²) in [6.07, 6.45) is 0. The summed E-state index contributed by atoms with van der Waals surface area (Å²) in [5, 5.41) is 0. The van der Waals surface area contributed by atoms with E-state index in [4.69, 9.17) is 24.1 Å². The molecule has 0 aliphatic rings. The van der Waals surface area contributed by atoms with Crippen LogP contribution in [0.3, 0.4) is 0 Å². The van der Waals surface area contributed by atoms with Gasteiger partial charge in [-0.15, -0.1) is 16.2 Å². The molecule has 0 saturated heterocycles. The van der Waals surface area contributed by atoms with Crippen LogP contribution in [-0.4, -0.2) is 5.66 Å². The third-order valence-electron chi connectivity index (χ3n) is 0.653. The van der Waals surface area contributed by atoms with Crippen molar-refractivity contribution in [2.45, 2.75) is 19.5 Å². The molecule has 0 radical (unpaired) electrons. The molecule has 0 aliphatic carbocycles. The van der Waals surface area contributed by atoms with Crippen LogP contribution in [0.25, 0.3) is 0 Å². The van der Waals surface area contributed by atoms with Crippen LogP contribution in [0.5, 0.6) is 0 Å². The molecule has 44 valence electrons. The smallest absolute Gasteiger partial charge is 0.0295 e. The zero-order valence-electron chi connectivity index (χ0n) is 4.29. The van der Waals surface area contributed by atoms with E-state index in [0.29, 0.717) is 5.66 Å². The number of rotatable bonds is 1. The van der Waals surface area contributed by atoms with Crippen LogP contribution in [-0.2, 0) is 24.1 Å². The Morgan fingerprint density at radius 1 is 1.71 bits per heavy atom. The summed E-state index contributed by atoms with van der Waals surface area (Å²) >= 11 is 13.9. The highest BCUT2D eigenvalue weighted by atomic mass is 33.2. The Labute approximate surface area is 60.4 Å². The number of hydrogen-bond acceptors (Lipinski definition) is 2. The predicted molar refractivity (Wildman–Crippen MR) is 45.8 cm³/mol. The minimum Gasteiger partial charge on any atom is -0.736 e. The fraction of sp³-hybridized carbons (Fsp3) is 1.00. The van der Waals surface area contributed by atoms with Crippen molar-refractivity contribution < 1.29 is 0 Å². The highest BCUT2D eigenvalue weighted by Gasteiger charge is 1.96. The van der Waals surface area contributed by atoms with Gasteiger partial charge in [0, 0.05) is 0 Å². The van der Waals surface area contributed by atoms with E-state index in [1.54, 1.807) is 0 Å². The molecule has 0 aromatic rings. The van der Waals surface area contributed by atoms with Crippen molar-refractivity contribution in [1.29, 1.82) is 0 Å². The third kappa shape index (κ3) is 3.89. The van der Waals surface area contributed by atoms with Gasteiger partial charge in [-0.2, -0.15) is 12.2 Å². The molecule has 0 amide bonds. The molecule has 7 heavy (non-hydrogen) atoms. The molecular weight excluding hydrogens is 163 g/mol. The summed E-state index contributed by atoms with van der Waals surface area (Å²) < 4.78 is -1.63. The van der Waals surface area contributed by atoms with Crippen LogP contribution in [0.2, 0.25) is 0 Å². The minimum absolute atomic E-state index is 0.404. The highest BCUT2D eigenvalue weighted by Crippen LogP contribution is 2.52. The minimum atomic E-state index is -1.63. The largest absolute Gasteiger partial charge is 0.736 e. The second-order valence-electron chi connectivity index (χ2n) is 1.66. The van der Waals surface area contributed by atoms with Crippen molar-refractivity contribution in [2.75, 3.05) is 0 Å². The van der Waals surface area contributed by atoms with Gasteiger partial charge >= 0.3 is 0 Å². The molecule has 0 N–H and O–H groups in total. The molecule has 1 unspecified atom stereocenters. The molecule has 0 saturated carbocycles. The van der Waals surface area contributed by atoms with Gasteiger partial charge in [0.15, 0.2) is 0 Å². The fourth-order valence-corrected chi connectivity index (χ4v) is 0. The average Bonchev–Trinajstić information content (AvgIpc) is 1.31. The van der Waals surface area contributed by atoms with E-state index in [1.807, 2.05) is 13.8 Å². The van der Waals surface area contributed by atoms with E-state index in [0.717, 1.165) is 0 Å². The van der Waals surface area contributed by atoms with E-state index >= 15 is 0 Å². The fourth-order valence-electron chi connectivity index (χ4n) is 0. The Bertz CT molecular complexity index is 92.4. The number of thiol groups is 1. The Morgan fingerprint density at radius 3 is 1.86 bits per heavy atom. The van der Waals surface area contributed by atoms with Crippen molar-refractivity contribution in [3.63, 3.8) is 0 Å².